The van der Waals surface area contributed by atoms with Gasteiger partial charge in [-0.3, -0.25) is 58.8 Å². The second kappa shape index (κ2) is 24.6. The second-order valence-electron chi connectivity index (χ2n) is 20.9. The molecule has 75 heavy (non-hydrogen) atoms. The third kappa shape index (κ3) is 11.9. The van der Waals surface area contributed by atoms with Gasteiger partial charge in [-0.25, -0.2) is 0 Å². The molecule has 6 fully saturated rings. The number of aliphatic imine (C=N–C) groups is 3. The van der Waals surface area contributed by atoms with Gasteiger partial charge in [0.15, 0.2) is 0 Å². The zero-order chi connectivity index (χ0) is 51.7. The van der Waals surface area contributed by atoms with Crippen molar-refractivity contribution < 1.29 is 28.6 Å². The molecule has 12 rings (SSSR count). The van der Waals surface area contributed by atoms with Crippen LogP contribution in [0, 0.1) is 0 Å². The van der Waals surface area contributed by atoms with Crippen LogP contribution in [0.3, 0.4) is 0 Å². The molecule has 3 saturated heterocycles. The molecule has 3 aromatic carbocycles. The number of guanidine groups is 3. The van der Waals surface area contributed by atoms with E-state index in [0.717, 1.165) is 120 Å². The average molecular weight is 1030 g/mol. The van der Waals surface area contributed by atoms with Gasteiger partial charge in [-0.1, -0.05) is 37.5 Å². The number of piperazine rings is 3. The molecule has 0 aromatic heterocycles. The first kappa shape index (κ1) is 52.2. The molecule has 0 bridgehead atoms. The summed E-state index contributed by atoms with van der Waals surface area (Å²) in [6.07, 6.45) is 12.2. The fraction of sp³-hybridized carbons (Fsp3) is 0.579. The molecule has 0 spiro atoms. The van der Waals surface area contributed by atoms with E-state index in [1.807, 2.05) is 81.4 Å². The largest absolute Gasteiger partial charge is 0.497 e. The number of carbonyl (C=O) groups is 3. The first-order chi connectivity index (χ1) is 36.8. The third-order valence-electron chi connectivity index (χ3n) is 16.7. The van der Waals surface area contributed by atoms with Crippen molar-refractivity contribution in [1.29, 1.82) is 0 Å². The van der Waals surface area contributed by atoms with E-state index in [-0.39, 0.29) is 17.7 Å². The molecule has 3 aliphatic carbocycles. The van der Waals surface area contributed by atoms with Gasteiger partial charge < -0.3 is 28.9 Å². The van der Waals surface area contributed by atoms with Gasteiger partial charge in [0.2, 0.25) is 17.9 Å². The molecular weight excluding hydrogens is 949 g/mol. The van der Waals surface area contributed by atoms with Crippen molar-refractivity contribution in [2.75, 3.05) is 139 Å². The van der Waals surface area contributed by atoms with Crippen molar-refractivity contribution in [3.63, 3.8) is 0 Å². The van der Waals surface area contributed by atoms with E-state index in [1.54, 1.807) is 27.4 Å². The van der Waals surface area contributed by atoms with Gasteiger partial charge in [0, 0.05) is 127 Å². The maximum absolute atomic E-state index is 13.0. The van der Waals surface area contributed by atoms with Crippen molar-refractivity contribution in [2.24, 2.45) is 15.0 Å². The summed E-state index contributed by atoms with van der Waals surface area (Å²) in [5.41, 5.74) is 1.94. The van der Waals surface area contributed by atoms with Crippen molar-refractivity contribution >= 4 is 35.6 Å². The van der Waals surface area contributed by atoms with Crippen LogP contribution in [0.25, 0.3) is 0 Å². The molecule has 0 atom stereocenters. The van der Waals surface area contributed by atoms with E-state index in [1.165, 1.54) is 57.8 Å². The molecule has 6 aliphatic heterocycles. The van der Waals surface area contributed by atoms with Crippen LogP contribution < -0.4 is 14.2 Å². The molecule has 0 radical (unpaired) electrons. The van der Waals surface area contributed by atoms with Gasteiger partial charge in [0.1, 0.15) is 17.2 Å². The highest BCUT2D eigenvalue weighted by Gasteiger charge is 2.37. The Morgan fingerprint density at radius 3 is 1.23 bits per heavy atom. The normalized spacial score (nSPS) is 21.9. The minimum absolute atomic E-state index is 0.0107. The lowest BCUT2D eigenvalue weighted by atomic mass is 9.91. The van der Waals surface area contributed by atoms with Crippen LogP contribution in [0.5, 0.6) is 17.2 Å². The number of methoxy groups -OCH3 is 3. The number of hydrogen-bond acceptors (Lipinski definition) is 15. The van der Waals surface area contributed by atoms with Crippen LogP contribution >= 0.6 is 0 Å². The quantitative estimate of drug-likeness (QED) is 0.284. The lowest BCUT2D eigenvalue weighted by Gasteiger charge is -2.44. The molecule has 3 saturated carbocycles. The van der Waals surface area contributed by atoms with Gasteiger partial charge in [-0.15, -0.1) is 0 Å². The zero-order valence-electron chi connectivity index (χ0n) is 44.6. The Morgan fingerprint density at radius 1 is 0.413 bits per heavy atom. The Bertz CT molecular complexity index is 2520. The van der Waals surface area contributed by atoms with E-state index in [4.69, 9.17) is 14.2 Å². The Balaban J connectivity index is 0.000000128. The van der Waals surface area contributed by atoms with Crippen LogP contribution in [0.1, 0.15) is 88.9 Å². The maximum atomic E-state index is 13.0. The lowest BCUT2D eigenvalue weighted by Crippen LogP contribution is -2.56. The van der Waals surface area contributed by atoms with Crippen molar-refractivity contribution in [3.05, 3.63) is 89.5 Å². The van der Waals surface area contributed by atoms with E-state index in [0.29, 0.717) is 67.5 Å². The van der Waals surface area contributed by atoms with E-state index >= 15 is 0 Å². The monoisotopic (exact) mass is 1030 g/mol. The molecule has 0 N–H and O–H groups in total. The molecule has 0 unspecified atom stereocenters. The standard InChI is InChI=1S/3C19H26N4O2/c1-25-17-7-2-4-15(14-17)18(24)23-9-8-20-19(23)22-12-10-21(11-13-22)16-5-3-6-16;1-25-17-8-3-2-7-16(17)18(24)23-10-9-20-19(23)22-13-11-21(12-14-22)15-5-4-6-15;1-25-17-7-5-15(6-8-17)18(24)23-10-9-20-19(23)22-13-11-21(12-14-22)16-3-2-4-16/h2,4,7,14,16H,3,5-6,8-13H2,1H3;2-3,7-8,15H,4-6,9-14H2,1H3;5-8,16H,2-4,9-14H2,1H3. The fourth-order valence-electron chi connectivity index (χ4n) is 11.6. The molecule has 9 aliphatic rings. The number of rotatable bonds is 9. The van der Waals surface area contributed by atoms with Gasteiger partial charge in [-0.05, 0) is 93.1 Å². The first-order valence-electron chi connectivity index (χ1n) is 27.8. The van der Waals surface area contributed by atoms with Gasteiger partial charge in [-0.2, -0.15) is 0 Å². The Hall–Kier alpha value is -6.24. The molecule has 402 valence electrons. The van der Waals surface area contributed by atoms with Crippen LogP contribution in [-0.2, 0) is 0 Å². The van der Waals surface area contributed by atoms with Crippen LogP contribution in [0.4, 0.5) is 0 Å². The molecule has 18 nitrogen and oxygen atoms in total. The Morgan fingerprint density at radius 2 is 0.827 bits per heavy atom. The molecule has 3 aromatic rings. The van der Waals surface area contributed by atoms with E-state index in [2.05, 4.69) is 44.4 Å². The highest BCUT2D eigenvalue weighted by atomic mass is 16.5. The number of amides is 3. The van der Waals surface area contributed by atoms with Crippen molar-refractivity contribution in [2.45, 2.75) is 75.9 Å². The Labute approximate surface area is 443 Å². The summed E-state index contributed by atoms with van der Waals surface area (Å²) in [6, 6.07) is 24.5. The molecule has 18 heteroatoms. The van der Waals surface area contributed by atoms with E-state index < -0.39 is 0 Å². The molecule has 6 heterocycles. The SMILES string of the molecule is COc1ccc(C(=O)N2CCN=C2N2CCN(C3CCC3)CC2)cc1.COc1cccc(C(=O)N2CCN=C2N2CCN(C3CCC3)CC2)c1.COc1ccccc1C(=O)N1CCN=C1N1CCN(C2CCC2)CC1. The Kier molecular flexibility index (Phi) is 17.1. The van der Waals surface area contributed by atoms with Gasteiger partial charge in [0.05, 0.1) is 46.5 Å². The fourth-order valence-corrected chi connectivity index (χ4v) is 11.6. The highest BCUT2D eigenvalue weighted by Crippen LogP contribution is 2.30. The summed E-state index contributed by atoms with van der Waals surface area (Å²) in [5, 5.41) is 0. The predicted molar refractivity (Wildman–Crippen MR) is 291 cm³/mol. The average Bonchev–Trinajstić information content (AvgIpc) is 4.23. The molecule has 3 amide bonds. The van der Waals surface area contributed by atoms with Crippen LogP contribution in [0.2, 0.25) is 0 Å². The van der Waals surface area contributed by atoms with E-state index in [9.17, 15) is 14.4 Å². The van der Waals surface area contributed by atoms with Crippen LogP contribution in [-0.4, -0.2) is 237 Å². The summed E-state index contributed by atoms with van der Waals surface area (Å²) in [6.45, 7) is 16.2. The minimum atomic E-state index is -0.0184. The van der Waals surface area contributed by atoms with Crippen LogP contribution in [0.15, 0.2) is 87.8 Å². The highest BCUT2D eigenvalue weighted by molar-refractivity contribution is 6.08. The number of para-hydroxylation sites is 1. The smallest absolute Gasteiger partial charge is 0.264 e. The summed E-state index contributed by atoms with van der Waals surface area (Å²) in [4.78, 5) is 72.9. The summed E-state index contributed by atoms with van der Waals surface area (Å²) in [5.74, 6) is 4.65. The van der Waals surface area contributed by atoms with Crippen molar-refractivity contribution in [3.8, 4) is 17.2 Å². The maximum Gasteiger partial charge on any atom is 0.264 e. The third-order valence-corrected chi connectivity index (χ3v) is 16.7. The predicted octanol–water partition coefficient (Wildman–Crippen LogP) is 5.03. The summed E-state index contributed by atoms with van der Waals surface area (Å²) < 4.78 is 15.8. The number of nitrogens with zero attached hydrogens (tertiary/aromatic N) is 12. The zero-order valence-corrected chi connectivity index (χ0v) is 44.6. The molecular formula is C57H78N12O6. The number of benzene rings is 3. The topological polar surface area (TPSA) is 145 Å². The lowest BCUT2D eigenvalue weighted by molar-refractivity contribution is 0.0741. The van der Waals surface area contributed by atoms with Crippen molar-refractivity contribution in [1.82, 2.24) is 44.1 Å². The van der Waals surface area contributed by atoms with Gasteiger partial charge in [0.25, 0.3) is 17.7 Å². The number of ether oxygens (including phenoxy) is 3. The van der Waals surface area contributed by atoms with Gasteiger partial charge >= 0.3 is 0 Å². The summed E-state index contributed by atoms with van der Waals surface area (Å²) >= 11 is 0. The second-order valence-corrected chi connectivity index (χ2v) is 20.9. The number of carbonyl (C=O) groups excluding carboxylic acids is 3. The minimum Gasteiger partial charge on any atom is -0.497 e. The first-order valence-corrected chi connectivity index (χ1v) is 27.8. The number of hydrogen-bond donors (Lipinski definition) is 0. The summed E-state index contributed by atoms with van der Waals surface area (Å²) in [7, 11) is 4.85.